The molecule has 1 N–H and O–H groups in total. The van der Waals surface area contributed by atoms with Gasteiger partial charge in [-0.3, -0.25) is 14.4 Å². The average Bonchev–Trinajstić information content (AvgIpc) is 2.73. The lowest BCUT2D eigenvalue weighted by atomic mass is 10.1. The molecule has 2 aromatic rings. The molecule has 7 nitrogen and oxygen atoms in total. The second-order valence-corrected chi connectivity index (χ2v) is 5.92. The van der Waals surface area contributed by atoms with Crippen molar-refractivity contribution in [3.8, 4) is 11.5 Å². The maximum atomic E-state index is 13.2. The Labute approximate surface area is 171 Å². The lowest BCUT2D eigenvalue weighted by molar-refractivity contribution is -0.141. The Kier molecular flexibility index (Phi) is 8.28. The van der Waals surface area contributed by atoms with E-state index in [1.54, 1.807) is 13.0 Å². The highest BCUT2D eigenvalue weighted by Crippen LogP contribution is 2.28. The molecular weight excluding hydrogens is 400 g/mol. The van der Waals surface area contributed by atoms with Gasteiger partial charge in [0, 0.05) is 11.1 Å². The molecular formula is C21H21F2NO6. The summed E-state index contributed by atoms with van der Waals surface area (Å²) in [4.78, 5) is 35.9. The van der Waals surface area contributed by atoms with E-state index in [1.807, 2.05) is 6.92 Å². The van der Waals surface area contributed by atoms with Crippen molar-refractivity contribution in [2.75, 3.05) is 26.4 Å². The Morgan fingerprint density at radius 1 is 0.867 bits per heavy atom. The van der Waals surface area contributed by atoms with Crippen LogP contribution in [0, 0.1) is 11.6 Å². The van der Waals surface area contributed by atoms with Gasteiger partial charge >= 0.3 is 5.97 Å². The fourth-order valence-corrected chi connectivity index (χ4v) is 2.40. The first kappa shape index (κ1) is 22.8. The van der Waals surface area contributed by atoms with E-state index in [9.17, 15) is 23.2 Å². The molecule has 0 saturated heterocycles. The molecule has 0 unspecified atom stereocenters. The SMILES string of the molecule is CCOc1ccc(C(=O)NCC(=O)OCC(=O)c2ccc(F)c(F)c2)cc1OCC. The quantitative estimate of drug-likeness (QED) is 0.469. The van der Waals surface area contributed by atoms with Crippen LogP contribution in [0.5, 0.6) is 11.5 Å². The number of ketones is 1. The molecule has 0 spiro atoms. The standard InChI is InChI=1S/C21H21F2NO6/c1-3-28-18-8-6-14(10-19(18)29-4-2)21(27)24-11-20(26)30-12-17(25)13-5-7-15(22)16(23)9-13/h5-10H,3-4,11-12H2,1-2H3,(H,24,27). The van der Waals surface area contributed by atoms with E-state index in [2.05, 4.69) is 5.32 Å². The number of halogens is 2. The minimum atomic E-state index is -1.18. The highest BCUT2D eigenvalue weighted by Gasteiger charge is 2.15. The third-order valence-electron chi connectivity index (χ3n) is 3.80. The highest BCUT2D eigenvalue weighted by atomic mass is 19.2. The summed E-state index contributed by atoms with van der Waals surface area (Å²) in [5.41, 5.74) is 0.108. The normalized spacial score (nSPS) is 10.3. The minimum Gasteiger partial charge on any atom is -0.490 e. The van der Waals surface area contributed by atoms with Gasteiger partial charge in [0.25, 0.3) is 5.91 Å². The molecule has 0 radical (unpaired) electrons. The molecule has 0 aromatic heterocycles. The number of carbonyl (C=O) groups excluding carboxylic acids is 3. The number of nitrogens with one attached hydrogen (secondary N) is 1. The van der Waals surface area contributed by atoms with Gasteiger partial charge in [-0.1, -0.05) is 0 Å². The largest absolute Gasteiger partial charge is 0.490 e. The third kappa shape index (κ3) is 6.26. The van der Waals surface area contributed by atoms with Gasteiger partial charge in [-0.05, 0) is 50.2 Å². The third-order valence-corrected chi connectivity index (χ3v) is 3.80. The Hall–Kier alpha value is -3.49. The molecule has 0 fully saturated rings. The molecule has 0 atom stereocenters. The van der Waals surface area contributed by atoms with Gasteiger partial charge in [-0.2, -0.15) is 0 Å². The van der Waals surface area contributed by atoms with E-state index in [0.29, 0.717) is 24.7 Å². The van der Waals surface area contributed by atoms with Crippen molar-refractivity contribution in [2.24, 2.45) is 0 Å². The zero-order valence-electron chi connectivity index (χ0n) is 16.5. The van der Waals surface area contributed by atoms with E-state index in [-0.39, 0.29) is 11.1 Å². The number of amides is 1. The minimum absolute atomic E-state index is 0.136. The molecule has 1 amide bonds. The van der Waals surface area contributed by atoms with Crippen LogP contribution in [0.3, 0.4) is 0 Å². The summed E-state index contributed by atoms with van der Waals surface area (Å²) < 4.78 is 41.7. The predicted molar refractivity (Wildman–Crippen MR) is 103 cm³/mol. The van der Waals surface area contributed by atoms with Crippen LogP contribution in [-0.2, 0) is 9.53 Å². The van der Waals surface area contributed by atoms with Gasteiger partial charge in [0.15, 0.2) is 35.5 Å². The molecule has 0 saturated carbocycles. The van der Waals surface area contributed by atoms with Crippen LogP contribution in [0.15, 0.2) is 36.4 Å². The smallest absolute Gasteiger partial charge is 0.325 e. The van der Waals surface area contributed by atoms with E-state index in [4.69, 9.17) is 14.2 Å². The van der Waals surface area contributed by atoms with E-state index in [1.165, 1.54) is 12.1 Å². The van der Waals surface area contributed by atoms with Gasteiger partial charge in [0.05, 0.1) is 13.2 Å². The molecule has 0 aliphatic heterocycles. The van der Waals surface area contributed by atoms with Crippen LogP contribution in [0.1, 0.15) is 34.6 Å². The molecule has 9 heteroatoms. The number of Topliss-reactive ketones (excluding diaryl/α,β-unsaturated/α-hetero) is 1. The van der Waals surface area contributed by atoms with Crippen LogP contribution >= 0.6 is 0 Å². The summed E-state index contributed by atoms with van der Waals surface area (Å²) >= 11 is 0. The lowest BCUT2D eigenvalue weighted by Gasteiger charge is -2.12. The monoisotopic (exact) mass is 421 g/mol. The maximum Gasteiger partial charge on any atom is 0.325 e. The average molecular weight is 421 g/mol. The Morgan fingerprint density at radius 2 is 1.53 bits per heavy atom. The Morgan fingerprint density at radius 3 is 2.20 bits per heavy atom. The van der Waals surface area contributed by atoms with Crippen molar-refractivity contribution in [3.05, 3.63) is 59.2 Å². The van der Waals surface area contributed by atoms with Gasteiger partial charge in [0.1, 0.15) is 6.54 Å². The first-order valence-electron chi connectivity index (χ1n) is 9.17. The van der Waals surface area contributed by atoms with E-state index < -0.39 is 42.4 Å². The van der Waals surface area contributed by atoms with Crippen LogP contribution < -0.4 is 14.8 Å². The van der Waals surface area contributed by atoms with Crippen molar-refractivity contribution in [3.63, 3.8) is 0 Å². The van der Waals surface area contributed by atoms with E-state index >= 15 is 0 Å². The second-order valence-electron chi connectivity index (χ2n) is 5.92. The summed E-state index contributed by atoms with van der Waals surface area (Å²) in [5, 5.41) is 2.37. The summed E-state index contributed by atoms with van der Waals surface area (Å²) in [6, 6.07) is 7.19. The van der Waals surface area contributed by atoms with Gasteiger partial charge in [0.2, 0.25) is 0 Å². The summed E-state index contributed by atoms with van der Waals surface area (Å²) in [6.07, 6.45) is 0. The van der Waals surface area contributed by atoms with Crippen molar-refractivity contribution < 1.29 is 37.4 Å². The summed E-state index contributed by atoms with van der Waals surface area (Å²) in [7, 11) is 0. The second kappa shape index (κ2) is 10.9. The number of esters is 1. The molecule has 2 aromatic carbocycles. The molecule has 0 aliphatic carbocycles. The van der Waals surface area contributed by atoms with Crippen molar-refractivity contribution in [1.29, 1.82) is 0 Å². The number of rotatable bonds is 10. The molecule has 2 rings (SSSR count). The molecule has 30 heavy (non-hydrogen) atoms. The first-order valence-corrected chi connectivity index (χ1v) is 9.17. The molecule has 0 bridgehead atoms. The fourth-order valence-electron chi connectivity index (χ4n) is 2.40. The summed E-state index contributed by atoms with van der Waals surface area (Å²) in [5.74, 6) is -3.51. The number of carbonyl (C=O) groups is 3. The van der Waals surface area contributed by atoms with Crippen molar-refractivity contribution in [1.82, 2.24) is 5.32 Å². The van der Waals surface area contributed by atoms with Crippen molar-refractivity contribution in [2.45, 2.75) is 13.8 Å². The molecule has 0 aliphatic rings. The first-order chi connectivity index (χ1) is 14.3. The topological polar surface area (TPSA) is 90.9 Å². The van der Waals surface area contributed by atoms with E-state index in [0.717, 1.165) is 18.2 Å². The number of hydrogen-bond acceptors (Lipinski definition) is 6. The van der Waals surface area contributed by atoms with Gasteiger partial charge < -0.3 is 19.5 Å². The number of ether oxygens (including phenoxy) is 3. The highest BCUT2D eigenvalue weighted by molar-refractivity contribution is 5.99. The van der Waals surface area contributed by atoms with Crippen molar-refractivity contribution >= 4 is 17.7 Å². The van der Waals surface area contributed by atoms with Gasteiger partial charge in [-0.15, -0.1) is 0 Å². The van der Waals surface area contributed by atoms with Gasteiger partial charge in [-0.25, -0.2) is 8.78 Å². The van der Waals surface area contributed by atoms with Crippen LogP contribution in [0.25, 0.3) is 0 Å². The fraction of sp³-hybridized carbons (Fsp3) is 0.286. The zero-order valence-corrected chi connectivity index (χ0v) is 16.5. The summed E-state index contributed by atoms with van der Waals surface area (Å²) in [6.45, 7) is 3.27. The zero-order chi connectivity index (χ0) is 22.1. The maximum absolute atomic E-state index is 13.2. The Bertz CT molecular complexity index is 932. The predicted octanol–water partition coefficient (Wildman–Crippen LogP) is 2.92. The molecule has 160 valence electrons. The number of benzene rings is 2. The number of hydrogen-bond donors (Lipinski definition) is 1. The van der Waals surface area contributed by atoms with Crippen LogP contribution in [0.4, 0.5) is 8.78 Å². The lowest BCUT2D eigenvalue weighted by Crippen LogP contribution is -2.31. The Balaban J connectivity index is 1.88. The van der Waals surface area contributed by atoms with Crippen LogP contribution in [0.2, 0.25) is 0 Å². The van der Waals surface area contributed by atoms with Crippen LogP contribution in [-0.4, -0.2) is 44.0 Å². The molecule has 0 heterocycles.